The molecule has 0 aliphatic heterocycles. The number of unbranched alkanes of at least 4 members (excludes halogenated alkanes) is 1. The number of guanidine groups is 1. The van der Waals surface area contributed by atoms with Crippen molar-refractivity contribution in [1.82, 2.24) is 15.6 Å². The fourth-order valence-corrected chi connectivity index (χ4v) is 2.62. The van der Waals surface area contributed by atoms with E-state index >= 15 is 0 Å². The van der Waals surface area contributed by atoms with Gasteiger partial charge in [-0.05, 0) is 43.9 Å². The summed E-state index contributed by atoms with van der Waals surface area (Å²) in [7, 11) is 0. The number of pyridine rings is 1. The van der Waals surface area contributed by atoms with Crippen LogP contribution < -0.4 is 16.0 Å². The Kier molecular flexibility index (Phi) is 13.0. The highest BCUT2D eigenvalue weighted by Crippen LogP contribution is 2.14. The largest absolute Gasteiger partial charge is 0.388 e. The third-order valence-electron chi connectivity index (χ3n) is 4.06. The SMILES string of the molecule is CCNC(=NCCCCNc1ccccn1)NCCC(O)c1ccccc1.I. The number of aliphatic hydroxyl groups excluding tert-OH is 1. The molecule has 7 heteroatoms. The standard InChI is InChI=1S/C21H31N5O.HI/c1-2-22-21(26-17-13-19(27)18-10-4-3-5-11-18)25-16-9-8-15-24-20-12-6-7-14-23-20;/h3-7,10-12,14,19,27H,2,8-9,13,15-17H2,1H3,(H,23,24)(H2,22,25,26);1H. The van der Waals surface area contributed by atoms with Gasteiger partial charge in [-0.1, -0.05) is 36.4 Å². The maximum atomic E-state index is 10.2. The molecule has 4 N–H and O–H groups in total. The summed E-state index contributed by atoms with van der Waals surface area (Å²) in [4.78, 5) is 8.84. The van der Waals surface area contributed by atoms with Crippen molar-refractivity contribution in [2.75, 3.05) is 31.5 Å². The number of halogens is 1. The van der Waals surface area contributed by atoms with Crippen molar-refractivity contribution in [3.05, 3.63) is 60.3 Å². The smallest absolute Gasteiger partial charge is 0.191 e. The van der Waals surface area contributed by atoms with E-state index in [-0.39, 0.29) is 24.0 Å². The molecule has 0 aliphatic carbocycles. The number of aliphatic hydroxyl groups is 1. The summed E-state index contributed by atoms with van der Waals surface area (Å²) < 4.78 is 0. The Bertz CT molecular complexity index is 654. The lowest BCUT2D eigenvalue weighted by Crippen LogP contribution is -2.38. The van der Waals surface area contributed by atoms with Gasteiger partial charge in [0.1, 0.15) is 5.82 Å². The van der Waals surface area contributed by atoms with Crippen LogP contribution in [0.1, 0.15) is 37.9 Å². The van der Waals surface area contributed by atoms with Crippen LogP contribution in [0.25, 0.3) is 0 Å². The average Bonchev–Trinajstić information content (AvgIpc) is 2.71. The van der Waals surface area contributed by atoms with Gasteiger partial charge >= 0.3 is 0 Å². The lowest BCUT2D eigenvalue weighted by Gasteiger charge is -2.14. The summed E-state index contributed by atoms with van der Waals surface area (Å²) >= 11 is 0. The molecule has 2 rings (SSSR count). The first-order valence-electron chi connectivity index (χ1n) is 9.69. The Hall–Kier alpha value is -1.87. The molecule has 1 atom stereocenters. The highest BCUT2D eigenvalue weighted by molar-refractivity contribution is 14.0. The van der Waals surface area contributed by atoms with E-state index in [0.717, 1.165) is 49.8 Å². The highest BCUT2D eigenvalue weighted by Gasteiger charge is 2.06. The number of rotatable bonds is 11. The predicted octanol–water partition coefficient (Wildman–Crippen LogP) is 3.57. The van der Waals surface area contributed by atoms with Crippen LogP contribution in [0.4, 0.5) is 5.82 Å². The first kappa shape index (κ1) is 24.2. The number of aliphatic imine (C=N–C) groups is 1. The summed E-state index contributed by atoms with van der Waals surface area (Å²) in [6, 6.07) is 15.6. The van der Waals surface area contributed by atoms with Crippen molar-refractivity contribution in [2.45, 2.75) is 32.3 Å². The fourth-order valence-electron chi connectivity index (χ4n) is 2.62. The van der Waals surface area contributed by atoms with Crippen LogP contribution >= 0.6 is 24.0 Å². The summed E-state index contributed by atoms with van der Waals surface area (Å²) in [5.74, 6) is 1.71. The van der Waals surface area contributed by atoms with E-state index < -0.39 is 6.10 Å². The molecule has 1 heterocycles. The number of hydrogen-bond acceptors (Lipinski definition) is 4. The van der Waals surface area contributed by atoms with E-state index in [0.29, 0.717) is 13.0 Å². The maximum Gasteiger partial charge on any atom is 0.191 e. The molecule has 154 valence electrons. The number of nitrogens with one attached hydrogen (secondary N) is 3. The third-order valence-corrected chi connectivity index (χ3v) is 4.06. The second kappa shape index (κ2) is 15.1. The third kappa shape index (κ3) is 9.89. The number of hydrogen-bond donors (Lipinski definition) is 4. The molecule has 0 aliphatic rings. The van der Waals surface area contributed by atoms with Crippen LogP contribution in [0.15, 0.2) is 59.7 Å². The average molecular weight is 497 g/mol. The normalized spacial score (nSPS) is 12.0. The topological polar surface area (TPSA) is 81.6 Å². The number of benzene rings is 1. The van der Waals surface area contributed by atoms with Gasteiger partial charge in [0, 0.05) is 32.4 Å². The Morgan fingerprint density at radius 1 is 1.04 bits per heavy atom. The molecule has 2 aromatic rings. The van der Waals surface area contributed by atoms with E-state index in [1.54, 1.807) is 6.20 Å². The van der Waals surface area contributed by atoms with Gasteiger partial charge in [-0.15, -0.1) is 24.0 Å². The Labute approximate surface area is 185 Å². The minimum Gasteiger partial charge on any atom is -0.388 e. The Morgan fingerprint density at radius 2 is 1.82 bits per heavy atom. The molecule has 0 saturated carbocycles. The molecule has 1 unspecified atom stereocenters. The van der Waals surface area contributed by atoms with Crippen molar-refractivity contribution in [3.63, 3.8) is 0 Å². The zero-order chi connectivity index (χ0) is 19.2. The second-order valence-corrected chi connectivity index (χ2v) is 6.25. The van der Waals surface area contributed by atoms with Crippen LogP contribution in [0.5, 0.6) is 0 Å². The molecule has 0 amide bonds. The summed E-state index contributed by atoms with van der Waals surface area (Å²) in [5, 5.41) is 20.1. The van der Waals surface area contributed by atoms with Crippen LogP contribution in [-0.4, -0.2) is 42.2 Å². The van der Waals surface area contributed by atoms with Crippen molar-refractivity contribution in [1.29, 1.82) is 0 Å². The van der Waals surface area contributed by atoms with Crippen molar-refractivity contribution < 1.29 is 5.11 Å². The van der Waals surface area contributed by atoms with E-state index in [4.69, 9.17) is 0 Å². The van der Waals surface area contributed by atoms with E-state index in [1.807, 2.05) is 55.5 Å². The van der Waals surface area contributed by atoms with Crippen LogP contribution in [0, 0.1) is 0 Å². The van der Waals surface area contributed by atoms with Gasteiger partial charge in [0.05, 0.1) is 6.10 Å². The van der Waals surface area contributed by atoms with Crippen molar-refractivity contribution >= 4 is 35.8 Å². The lowest BCUT2D eigenvalue weighted by molar-refractivity contribution is 0.168. The minimum atomic E-state index is -0.459. The molecular formula is C21H32IN5O. The molecule has 0 bridgehead atoms. The van der Waals surface area contributed by atoms with E-state index in [9.17, 15) is 5.11 Å². The molecule has 6 nitrogen and oxygen atoms in total. The molecule has 1 aromatic carbocycles. The number of nitrogens with zero attached hydrogens (tertiary/aromatic N) is 2. The molecule has 0 fully saturated rings. The molecule has 0 radical (unpaired) electrons. The highest BCUT2D eigenvalue weighted by atomic mass is 127. The minimum absolute atomic E-state index is 0. The summed E-state index contributed by atoms with van der Waals surface area (Å²) in [6.07, 6.45) is 4.01. The fraction of sp³-hybridized carbons (Fsp3) is 0.429. The van der Waals surface area contributed by atoms with Gasteiger partial charge in [0.2, 0.25) is 0 Å². The zero-order valence-electron chi connectivity index (χ0n) is 16.5. The lowest BCUT2D eigenvalue weighted by atomic mass is 10.1. The maximum absolute atomic E-state index is 10.2. The Morgan fingerprint density at radius 3 is 2.54 bits per heavy atom. The first-order valence-corrected chi connectivity index (χ1v) is 9.69. The molecular weight excluding hydrogens is 465 g/mol. The molecule has 0 saturated heterocycles. The van der Waals surface area contributed by atoms with Crippen molar-refractivity contribution in [2.24, 2.45) is 4.99 Å². The summed E-state index contributed by atoms with van der Waals surface area (Å²) in [5.41, 5.74) is 0.946. The first-order chi connectivity index (χ1) is 13.3. The van der Waals surface area contributed by atoms with Crippen LogP contribution in [0.2, 0.25) is 0 Å². The number of anilines is 1. The van der Waals surface area contributed by atoms with E-state index in [1.165, 1.54) is 0 Å². The van der Waals surface area contributed by atoms with Gasteiger partial charge in [-0.25, -0.2) is 4.98 Å². The van der Waals surface area contributed by atoms with Gasteiger partial charge in [0.15, 0.2) is 5.96 Å². The van der Waals surface area contributed by atoms with Crippen LogP contribution in [-0.2, 0) is 0 Å². The van der Waals surface area contributed by atoms with E-state index in [2.05, 4.69) is 25.9 Å². The van der Waals surface area contributed by atoms with Gasteiger partial charge < -0.3 is 21.1 Å². The second-order valence-electron chi connectivity index (χ2n) is 6.25. The quantitative estimate of drug-likeness (QED) is 0.165. The molecule has 1 aromatic heterocycles. The molecule has 28 heavy (non-hydrogen) atoms. The zero-order valence-corrected chi connectivity index (χ0v) is 18.8. The predicted molar refractivity (Wildman–Crippen MR) is 127 cm³/mol. The molecule has 0 spiro atoms. The Balaban J connectivity index is 0.00000392. The van der Waals surface area contributed by atoms with Gasteiger partial charge in [-0.3, -0.25) is 4.99 Å². The van der Waals surface area contributed by atoms with Crippen molar-refractivity contribution in [3.8, 4) is 0 Å². The summed E-state index contributed by atoms with van der Waals surface area (Å²) in [6.45, 7) is 5.18. The number of aromatic nitrogens is 1. The van der Waals surface area contributed by atoms with Crippen LogP contribution in [0.3, 0.4) is 0 Å². The van der Waals surface area contributed by atoms with Gasteiger partial charge in [0.25, 0.3) is 0 Å². The van der Waals surface area contributed by atoms with Gasteiger partial charge in [-0.2, -0.15) is 0 Å². The monoisotopic (exact) mass is 497 g/mol.